The van der Waals surface area contributed by atoms with Crippen LogP contribution in [-0.4, -0.2) is 23.2 Å². The van der Waals surface area contributed by atoms with Crippen LogP contribution in [0.1, 0.15) is 10.4 Å². The van der Waals surface area contributed by atoms with Gasteiger partial charge >= 0.3 is 0 Å². The Bertz CT molecular complexity index is 456. The van der Waals surface area contributed by atoms with E-state index in [1.807, 2.05) is 0 Å². The molecule has 1 aliphatic rings. The molecule has 2 heterocycles. The van der Waals surface area contributed by atoms with Crippen molar-refractivity contribution >= 4 is 29.8 Å². The van der Waals surface area contributed by atoms with Crippen molar-refractivity contribution in [1.29, 1.82) is 0 Å². The fraction of sp³-hybridized carbons (Fsp3) is 0. The van der Waals surface area contributed by atoms with Crippen LogP contribution in [-0.2, 0) is 0 Å². The van der Waals surface area contributed by atoms with E-state index in [0.717, 1.165) is 0 Å². The highest BCUT2D eigenvalue weighted by atomic mass is 35.5. The molecular formula is C8H5ClN5O. The van der Waals surface area contributed by atoms with Gasteiger partial charge in [0.25, 0.3) is 11.9 Å². The number of carbonyl (C=O) groups is 1. The van der Waals surface area contributed by atoms with Gasteiger partial charge in [-0.1, -0.05) is 11.6 Å². The van der Waals surface area contributed by atoms with Gasteiger partial charge in [0.1, 0.15) is 11.5 Å². The molecule has 75 valence electrons. The maximum atomic E-state index is 11.6. The molecule has 0 fully saturated rings. The van der Waals surface area contributed by atoms with Crippen LogP contribution in [0.2, 0.25) is 5.15 Å². The molecule has 0 saturated carbocycles. The molecule has 0 unspecified atom stereocenters. The predicted octanol–water partition coefficient (Wildman–Crippen LogP) is 0.382. The molecule has 0 aromatic carbocycles. The van der Waals surface area contributed by atoms with Gasteiger partial charge in [0.15, 0.2) is 0 Å². The lowest BCUT2D eigenvalue weighted by atomic mass is 10.3. The smallest absolute Gasteiger partial charge is 0.261 e. The van der Waals surface area contributed by atoms with E-state index in [4.69, 9.17) is 11.6 Å². The Hall–Kier alpha value is -1.95. The molecule has 1 aromatic heterocycles. The quantitative estimate of drug-likeness (QED) is 0.697. The monoisotopic (exact) mass is 222 g/mol. The summed E-state index contributed by atoms with van der Waals surface area (Å²) in [4.78, 5) is 19.1. The first-order valence-corrected chi connectivity index (χ1v) is 4.37. The van der Waals surface area contributed by atoms with E-state index in [1.54, 1.807) is 12.1 Å². The Morgan fingerprint density at radius 2 is 2.33 bits per heavy atom. The van der Waals surface area contributed by atoms with Crippen LogP contribution in [0.4, 0.5) is 0 Å². The number of hydrogen-bond acceptors (Lipinski definition) is 4. The molecule has 0 spiro atoms. The van der Waals surface area contributed by atoms with Crippen LogP contribution in [0.25, 0.3) is 0 Å². The zero-order valence-electron chi connectivity index (χ0n) is 7.38. The third-order valence-electron chi connectivity index (χ3n) is 1.61. The number of rotatable bonds is 1. The molecule has 2 rings (SSSR count). The minimum atomic E-state index is -0.416. The minimum Gasteiger partial charge on any atom is -0.289 e. The van der Waals surface area contributed by atoms with E-state index in [2.05, 4.69) is 25.8 Å². The highest BCUT2D eigenvalue weighted by Gasteiger charge is 2.13. The lowest BCUT2D eigenvalue weighted by Gasteiger charge is -2.02. The minimum absolute atomic E-state index is 0.134. The van der Waals surface area contributed by atoms with Crippen molar-refractivity contribution in [3.63, 3.8) is 0 Å². The average molecular weight is 223 g/mol. The molecular weight excluding hydrogens is 218 g/mol. The molecule has 1 aliphatic heterocycles. The van der Waals surface area contributed by atoms with E-state index in [1.165, 1.54) is 12.5 Å². The van der Waals surface area contributed by atoms with Crippen molar-refractivity contribution in [3.05, 3.63) is 29.0 Å². The van der Waals surface area contributed by atoms with Gasteiger partial charge in [-0.05, 0) is 12.1 Å². The standard InChI is InChI=1S/C8H5ClN5O/c9-6-5(2-1-3-10-6)7(15)13-8-11-4-12-14-8/h1-4H,(H,13,14,15). The molecule has 0 aliphatic carbocycles. The highest BCUT2D eigenvalue weighted by Crippen LogP contribution is 2.10. The molecule has 7 heteroatoms. The normalized spacial score (nSPS) is 13.3. The van der Waals surface area contributed by atoms with Gasteiger partial charge < -0.3 is 0 Å². The first-order valence-electron chi connectivity index (χ1n) is 3.99. The fourth-order valence-electron chi connectivity index (χ4n) is 0.968. The summed E-state index contributed by atoms with van der Waals surface area (Å²) < 4.78 is 0. The summed E-state index contributed by atoms with van der Waals surface area (Å²) in [6, 6.07) is 3.17. The number of guanidine groups is 1. The summed E-state index contributed by atoms with van der Waals surface area (Å²) >= 11 is 5.73. The van der Waals surface area contributed by atoms with Crippen LogP contribution < -0.4 is 10.7 Å². The lowest BCUT2D eigenvalue weighted by molar-refractivity contribution is 0.0976. The Balaban J connectivity index is 2.15. The Morgan fingerprint density at radius 3 is 3.00 bits per heavy atom. The summed E-state index contributed by atoms with van der Waals surface area (Å²) in [5, 5.41) is 6.12. The topological polar surface area (TPSA) is 80.8 Å². The van der Waals surface area contributed by atoms with Gasteiger partial charge in [-0.2, -0.15) is 4.99 Å². The van der Waals surface area contributed by atoms with Crippen molar-refractivity contribution in [2.24, 2.45) is 10.1 Å². The second-order valence-corrected chi connectivity index (χ2v) is 2.94. The van der Waals surface area contributed by atoms with Crippen molar-refractivity contribution in [1.82, 2.24) is 15.7 Å². The maximum absolute atomic E-state index is 11.6. The molecule has 0 atom stereocenters. The Labute approximate surface area is 90.1 Å². The molecule has 1 aromatic rings. The van der Waals surface area contributed by atoms with Gasteiger partial charge in [0.2, 0.25) is 0 Å². The molecule has 15 heavy (non-hydrogen) atoms. The van der Waals surface area contributed by atoms with E-state index in [9.17, 15) is 4.79 Å². The summed E-state index contributed by atoms with van der Waals surface area (Å²) in [5.74, 6) is -0.277. The van der Waals surface area contributed by atoms with Crippen LogP contribution >= 0.6 is 11.6 Å². The summed E-state index contributed by atoms with van der Waals surface area (Å²) in [7, 11) is 0. The number of aromatic nitrogens is 1. The van der Waals surface area contributed by atoms with Gasteiger partial charge in [-0.15, -0.1) is 10.5 Å². The summed E-state index contributed by atoms with van der Waals surface area (Å²) in [6.07, 6.45) is 2.74. The van der Waals surface area contributed by atoms with Crippen molar-refractivity contribution in [3.8, 4) is 0 Å². The second-order valence-electron chi connectivity index (χ2n) is 2.58. The molecule has 0 bridgehead atoms. The van der Waals surface area contributed by atoms with E-state index in [-0.39, 0.29) is 16.7 Å². The first kappa shape index (κ1) is 9.60. The maximum Gasteiger partial charge on any atom is 0.261 e. The Kier molecular flexibility index (Phi) is 2.59. The molecule has 1 amide bonds. The van der Waals surface area contributed by atoms with Gasteiger partial charge in [0.05, 0.1) is 5.56 Å². The SMILES string of the molecule is O=C(NC1=N[N]C=N1)c1cccnc1Cl. The zero-order chi connectivity index (χ0) is 10.7. The van der Waals surface area contributed by atoms with Gasteiger partial charge in [-0.3, -0.25) is 10.1 Å². The number of carbonyl (C=O) groups excluding carboxylic acids is 1. The second kappa shape index (κ2) is 4.05. The third-order valence-corrected chi connectivity index (χ3v) is 1.91. The molecule has 1 radical (unpaired) electrons. The van der Waals surface area contributed by atoms with Crippen molar-refractivity contribution in [2.45, 2.75) is 0 Å². The largest absolute Gasteiger partial charge is 0.289 e. The molecule has 6 nitrogen and oxygen atoms in total. The average Bonchev–Trinajstić information content (AvgIpc) is 2.71. The predicted molar refractivity (Wildman–Crippen MR) is 54.8 cm³/mol. The van der Waals surface area contributed by atoms with E-state index < -0.39 is 5.91 Å². The molecule has 1 N–H and O–H groups in total. The number of nitrogens with one attached hydrogen (secondary N) is 1. The number of halogens is 1. The first-order chi connectivity index (χ1) is 7.27. The van der Waals surface area contributed by atoms with Gasteiger partial charge in [0, 0.05) is 6.20 Å². The summed E-state index contributed by atoms with van der Waals surface area (Å²) in [5.41, 5.74) is 3.73. The van der Waals surface area contributed by atoms with E-state index >= 15 is 0 Å². The van der Waals surface area contributed by atoms with Crippen molar-refractivity contribution in [2.75, 3.05) is 0 Å². The number of amides is 1. The number of hydrogen-bond donors (Lipinski definition) is 1. The lowest BCUT2D eigenvalue weighted by Crippen LogP contribution is -2.28. The number of nitrogens with zero attached hydrogens (tertiary/aromatic N) is 4. The fourth-order valence-corrected chi connectivity index (χ4v) is 1.17. The third kappa shape index (κ3) is 2.10. The van der Waals surface area contributed by atoms with Crippen molar-refractivity contribution < 1.29 is 4.79 Å². The summed E-state index contributed by atoms with van der Waals surface area (Å²) in [6.45, 7) is 0. The van der Waals surface area contributed by atoms with Crippen LogP contribution in [0.5, 0.6) is 0 Å². The highest BCUT2D eigenvalue weighted by molar-refractivity contribution is 6.33. The van der Waals surface area contributed by atoms with E-state index in [0.29, 0.717) is 0 Å². The van der Waals surface area contributed by atoms with Crippen LogP contribution in [0.3, 0.4) is 0 Å². The van der Waals surface area contributed by atoms with Gasteiger partial charge in [-0.25, -0.2) is 4.98 Å². The zero-order valence-corrected chi connectivity index (χ0v) is 8.14. The number of pyridine rings is 1. The number of aliphatic imine (C=N–C) groups is 1. The van der Waals surface area contributed by atoms with Crippen LogP contribution in [0.15, 0.2) is 28.4 Å². The van der Waals surface area contributed by atoms with Crippen LogP contribution in [0, 0.1) is 0 Å². The Morgan fingerprint density at radius 1 is 1.47 bits per heavy atom. The molecule has 0 saturated heterocycles.